The summed E-state index contributed by atoms with van der Waals surface area (Å²) in [6.07, 6.45) is 10.7. The van der Waals surface area contributed by atoms with Crippen LogP contribution in [0.2, 0.25) is 0 Å². The van der Waals surface area contributed by atoms with Crippen LogP contribution in [0.25, 0.3) is 0 Å². The van der Waals surface area contributed by atoms with Crippen molar-refractivity contribution in [2.45, 2.75) is 98.2 Å². The summed E-state index contributed by atoms with van der Waals surface area (Å²) in [5, 5.41) is 0. The van der Waals surface area contributed by atoms with E-state index >= 15 is 0 Å². The van der Waals surface area contributed by atoms with Gasteiger partial charge in [0.2, 0.25) is 0 Å². The molecule has 8 atom stereocenters. The molecule has 4 heteroatoms. The van der Waals surface area contributed by atoms with Gasteiger partial charge in [-0.05, 0) is 92.9 Å². The summed E-state index contributed by atoms with van der Waals surface area (Å²) in [7, 11) is 0. The molecule has 0 aliphatic heterocycles. The number of fused-ring (bicyclic) bond motifs is 5. The van der Waals surface area contributed by atoms with Crippen LogP contribution in [-0.4, -0.2) is 18.0 Å². The van der Waals surface area contributed by atoms with Crippen molar-refractivity contribution in [2.75, 3.05) is 0 Å². The van der Waals surface area contributed by atoms with Crippen molar-refractivity contribution in [1.29, 1.82) is 0 Å². The third-order valence-corrected chi connectivity index (χ3v) is 10.5. The van der Waals surface area contributed by atoms with Crippen molar-refractivity contribution < 1.29 is 19.1 Å². The highest BCUT2D eigenvalue weighted by atomic mass is 16.5. The SMILES string of the molecule is CC(=O)O[C@H]1CC[C@@]2(C)C(=CC[C@H]3[C@@H]4CC[C@H](C(=O)O[C@@H](C)c5ccc(C)cc5)[C@@]4(C)CC[C@@H]32)C1. The van der Waals surface area contributed by atoms with Gasteiger partial charge in [-0.3, -0.25) is 9.59 Å². The predicted molar refractivity (Wildman–Crippen MR) is 136 cm³/mol. The molecule has 0 spiro atoms. The van der Waals surface area contributed by atoms with Gasteiger partial charge in [-0.1, -0.05) is 55.3 Å². The van der Waals surface area contributed by atoms with Crippen LogP contribution < -0.4 is 0 Å². The van der Waals surface area contributed by atoms with Crippen molar-refractivity contribution in [3.05, 3.63) is 47.0 Å². The average molecular weight is 479 g/mol. The summed E-state index contributed by atoms with van der Waals surface area (Å²) in [6.45, 7) is 10.4. The van der Waals surface area contributed by atoms with Crippen molar-refractivity contribution in [3.63, 3.8) is 0 Å². The van der Waals surface area contributed by atoms with Crippen LogP contribution in [0, 0.1) is 41.4 Å². The molecule has 3 saturated carbocycles. The molecule has 0 heterocycles. The third-order valence-electron chi connectivity index (χ3n) is 10.5. The van der Waals surface area contributed by atoms with E-state index < -0.39 is 0 Å². The fourth-order valence-corrected chi connectivity index (χ4v) is 8.51. The number of esters is 2. The van der Waals surface area contributed by atoms with Gasteiger partial charge in [0, 0.05) is 13.3 Å². The van der Waals surface area contributed by atoms with Gasteiger partial charge in [-0.2, -0.15) is 0 Å². The first-order chi connectivity index (χ1) is 16.6. The minimum Gasteiger partial charge on any atom is -0.462 e. The van der Waals surface area contributed by atoms with Crippen LogP contribution in [0.5, 0.6) is 0 Å². The highest BCUT2D eigenvalue weighted by Gasteiger charge is 2.60. The van der Waals surface area contributed by atoms with Crippen molar-refractivity contribution >= 4 is 11.9 Å². The van der Waals surface area contributed by atoms with E-state index in [4.69, 9.17) is 9.47 Å². The van der Waals surface area contributed by atoms with Gasteiger partial charge in [0.1, 0.15) is 12.2 Å². The van der Waals surface area contributed by atoms with Gasteiger partial charge < -0.3 is 9.47 Å². The zero-order valence-electron chi connectivity index (χ0n) is 22.1. The molecule has 0 bridgehead atoms. The topological polar surface area (TPSA) is 52.6 Å². The van der Waals surface area contributed by atoms with Crippen LogP contribution >= 0.6 is 0 Å². The summed E-state index contributed by atoms with van der Waals surface area (Å²) in [5.74, 6) is 1.72. The lowest BCUT2D eigenvalue weighted by atomic mass is 9.47. The van der Waals surface area contributed by atoms with Crippen molar-refractivity contribution in [2.24, 2.45) is 34.5 Å². The molecule has 5 rings (SSSR count). The summed E-state index contributed by atoms with van der Waals surface area (Å²) in [5.41, 5.74) is 4.03. The van der Waals surface area contributed by atoms with Gasteiger partial charge in [0.05, 0.1) is 5.92 Å². The van der Waals surface area contributed by atoms with E-state index in [1.807, 2.05) is 6.92 Å². The van der Waals surface area contributed by atoms with Gasteiger partial charge in [0.25, 0.3) is 0 Å². The Bertz CT molecular complexity index is 1010. The Hall–Kier alpha value is -2.10. The molecule has 4 aliphatic rings. The number of allylic oxidation sites excluding steroid dienone is 1. The van der Waals surface area contributed by atoms with E-state index in [2.05, 4.69) is 51.1 Å². The zero-order chi connectivity index (χ0) is 25.0. The molecule has 1 aromatic rings. The van der Waals surface area contributed by atoms with E-state index in [1.165, 1.54) is 24.5 Å². The molecule has 1 aromatic carbocycles. The maximum absolute atomic E-state index is 13.5. The fraction of sp³-hybridized carbons (Fsp3) is 0.677. The largest absolute Gasteiger partial charge is 0.462 e. The lowest BCUT2D eigenvalue weighted by Gasteiger charge is -2.57. The molecule has 4 nitrogen and oxygen atoms in total. The van der Waals surface area contributed by atoms with E-state index in [9.17, 15) is 9.59 Å². The molecule has 190 valence electrons. The normalized spacial score (nSPS) is 38.9. The number of rotatable bonds is 4. The highest BCUT2D eigenvalue weighted by Crippen LogP contribution is 2.66. The second-order valence-corrected chi connectivity index (χ2v) is 12.4. The minimum absolute atomic E-state index is 0.000709. The van der Waals surface area contributed by atoms with Crippen LogP contribution in [-0.2, 0) is 19.1 Å². The van der Waals surface area contributed by atoms with Gasteiger partial charge in [0.15, 0.2) is 0 Å². The Labute approximate surface area is 210 Å². The predicted octanol–water partition coefficient (Wildman–Crippen LogP) is 7.11. The quantitative estimate of drug-likeness (QED) is 0.342. The molecule has 0 saturated heterocycles. The number of carbonyl (C=O) groups is 2. The summed E-state index contributed by atoms with van der Waals surface area (Å²) in [6, 6.07) is 8.30. The molecule has 0 N–H and O–H groups in total. The number of benzene rings is 1. The monoisotopic (exact) mass is 478 g/mol. The average Bonchev–Trinajstić information content (AvgIpc) is 3.16. The molecular formula is C31H42O4. The van der Waals surface area contributed by atoms with Crippen molar-refractivity contribution in [3.8, 4) is 0 Å². The second kappa shape index (κ2) is 9.09. The Morgan fingerprint density at radius 3 is 2.46 bits per heavy atom. The Balaban J connectivity index is 1.30. The first-order valence-electron chi connectivity index (χ1n) is 13.8. The molecule has 0 amide bonds. The molecule has 3 fully saturated rings. The number of carbonyl (C=O) groups excluding carboxylic acids is 2. The molecule has 0 radical (unpaired) electrons. The maximum atomic E-state index is 13.5. The first-order valence-corrected chi connectivity index (χ1v) is 13.8. The number of hydrogen-bond acceptors (Lipinski definition) is 4. The second-order valence-electron chi connectivity index (χ2n) is 12.4. The Kier molecular flexibility index (Phi) is 6.38. The lowest BCUT2D eigenvalue weighted by molar-refractivity contribution is -0.161. The van der Waals surface area contributed by atoms with Crippen LogP contribution in [0.15, 0.2) is 35.9 Å². The Morgan fingerprint density at radius 1 is 1.00 bits per heavy atom. The van der Waals surface area contributed by atoms with Gasteiger partial charge in [-0.15, -0.1) is 0 Å². The maximum Gasteiger partial charge on any atom is 0.310 e. The van der Waals surface area contributed by atoms with E-state index in [0.29, 0.717) is 17.8 Å². The smallest absolute Gasteiger partial charge is 0.310 e. The summed E-state index contributed by atoms with van der Waals surface area (Å²) in [4.78, 5) is 25.0. The molecular weight excluding hydrogens is 436 g/mol. The van der Waals surface area contributed by atoms with Crippen LogP contribution in [0.1, 0.15) is 96.3 Å². The van der Waals surface area contributed by atoms with Gasteiger partial charge >= 0.3 is 11.9 Å². The zero-order valence-corrected chi connectivity index (χ0v) is 22.1. The number of aryl methyl sites for hydroxylation is 1. The minimum atomic E-state index is -0.214. The number of ether oxygens (including phenoxy) is 2. The standard InChI is InChI=1S/C31H42O4/c1-19-6-8-22(9-7-19)20(2)34-29(33)28-13-12-26-25-11-10-23-18-24(35-21(3)32)14-16-30(23,4)27(25)15-17-31(26,28)5/h6-10,20,24-28H,11-18H2,1-5H3/t20-,24-,25-,26-,27-,28+,30-,31-/m0/s1. The van der Waals surface area contributed by atoms with E-state index in [1.54, 1.807) is 0 Å². The van der Waals surface area contributed by atoms with Crippen LogP contribution in [0.4, 0.5) is 0 Å². The molecule has 0 unspecified atom stereocenters. The fourth-order valence-electron chi connectivity index (χ4n) is 8.51. The number of hydrogen-bond donors (Lipinski definition) is 0. The molecule has 35 heavy (non-hydrogen) atoms. The highest BCUT2D eigenvalue weighted by molar-refractivity contribution is 5.74. The first kappa shape index (κ1) is 24.6. The third kappa shape index (κ3) is 4.25. The molecule has 4 aliphatic carbocycles. The Morgan fingerprint density at radius 2 is 1.74 bits per heavy atom. The van der Waals surface area contributed by atoms with Crippen molar-refractivity contribution in [1.82, 2.24) is 0 Å². The summed E-state index contributed by atoms with van der Waals surface area (Å²) < 4.78 is 11.7. The van der Waals surface area contributed by atoms with Crippen LogP contribution in [0.3, 0.4) is 0 Å². The summed E-state index contributed by atoms with van der Waals surface area (Å²) >= 11 is 0. The lowest BCUT2D eigenvalue weighted by Crippen LogP contribution is -2.51. The van der Waals surface area contributed by atoms with E-state index in [-0.39, 0.29) is 40.9 Å². The molecule has 0 aromatic heterocycles. The van der Waals surface area contributed by atoms with E-state index in [0.717, 1.165) is 50.5 Å². The van der Waals surface area contributed by atoms with Gasteiger partial charge in [-0.25, -0.2) is 0 Å².